The lowest BCUT2D eigenvalue weighted by Gasteiger charge is -2.31. The van der Waals surface area contributed by atoms with Crippen LogP contribution in [0.5, 0.6) is 0 Å². The summed E-state index contributed by atoms with van der Waals surface area (Å²) < 4.78 is 5.58. The number of aromatic nitrogens is 1. The second-order valence-electron chi connectivity index (χ2n) is 4.88. The molecule has 0 bridgehead atoms. The molecule has 2 heterocycles. The predicted molar refractivity (Wildman–Crippen MR) is 73.8 cm³/mol. The van der Waals surface area contributed by atoms with Crippen LogP contribution in [0.3, 0.4) is 0 Å². The first-order valence-electron chi connectivity index (χ1n) is 6.75. The van der Waals surface area contributed by atoms with Gasteiger partial charge in [-0.2, -0.15) is 0 Å². The van der Waals surface area contributed by atoms with Gasteiger partial charge in [-0.1, -0.05) is 6.92 Å². The second kappa shape index (κ2) is 6.63. The number of hydrogen-bond acceptors (Lipinski definition) is 5. The van der Waals surface area contributed by atoms with Crippen LogP contribution >= 0.6 is 0 Å². The van der Waals surface area contributed by atoms with Gasteiger partial charge in [0.15, 0.2) is 5.78 Å². The molecule has 0 aliphatic carbocycles. The van der Waals surface area contributed by atoms with Crippen molar-refractivity contribution in [2.24, 2.45) is 0 Å². The smallest absolute Gasteiger partial charge is 0.167 e. The molecular weight excluding hydrogens is 242 g/mol. The summed E-state index contributed by atoms with van der Waals surface area (Å²) in [4.78, 5) is 18.5. The first-order chi connectivity index (χ1) is 9.20. The predicted octanol–water partition coefficient (Wildman–Crippen LogP) is 0.886. The van der Waals surface area contributed by atoms with Crippen molar-refractivity contribution in [1.29, 1.82) is 0 Å². The van der Waals surface area contributed by atoms with Crippen molar-refractivity contribution in [2.45, 2.75) is 25.9 Å². The molecule has 0 saturated carbocycles. The van der Waals surface area contributed by atoms with E-state index >= 15 is 0 Å². The monoisotopic (exact) mass is 263 g/mol. The molecule has 1 aromatic heterocycles. The quantitative estimate of drug-likeness (QED) is 0.854. The molecule has 1 aromatic rings. The number of nitrogen functional groups attached to an aromatic ring is 1. The minimum atomic E-state index is -0.333. The summed E-state index contributed by atoms with van der Waals surface area (Å²) in [6.45, 7) is 5.38. The molecule has 1 unspecified atom stereocenters. The molecule has 0 amide bonds. The summed E-state index contributed by atoms with van der Waals surface area (Å²) in [6, 6.07) is 1.72. The summed E-state index contributed by atoms with van der Waals surface area (Å²) in [5.41, 5.74) is 7.23. The Balaban J connectivity index is 1.94. The zero-order valence-electron chi connectivity index (χ0n) is 11.3. The van der Waals surface area contributed by atoms with Crippen molar-refractivity contribution in [2.75, 3.05) is 32.0 Å². The molecule has 0 aromatic carbocycles. The van der Waals surface area contributed by atoms with Crippen molar-refractivity contribution in [3.63, 3.8) is 0 Å². The topological polar surface area (TPSA) is 68.5 Å². The highest BCUT2D eigenvalue weighted by Crippen LogP contribution is 2.14. The number of carbonyl (C=O) groups is 1. The molecule has 1 aliphatic heterocycles. The van der Waals surface area contributed by atoms with Gasteiger partial charge in [-0.3, -0.25) is 14.7 Å². The van der Waals surface area contributed by atoms with E-state index in [0.717, 1.165) is 25.1 Å². The summed E-state index contributed by atoms with van der Waals surface area (Å²) in [5.74, 6) is 0.0838. The molecule has 19 heavy (non-hydrogen) atoms. The number of carbonyl (C=O) groups excluding carboxylic acids is 1. The normalized spacial score (nSPS) is 20.4. The first-order valence-corrected chi connectivity index (χ1v) is 6.75. The van der Waals surface area contributed by atoms with Crippen LogP contribution in [0, 0.1) is 0 Å². The second-order valence-corrected chi connectivity index (χ2v) is 4.88. The summed E-state index contributed by atoms with van der Waals surface area (Å²) in [6.07, 6.45) is 4.34. The third-order valence-corrected chi connectivity index (χ3v) is 3.36. The summed E-state index contributed by atoms with van der Waals surface area (Å²) in [5, 5.41) is 0. The van der Waals surface area contributed by atoms with Crippen LogP contribution in [-0.2, 0) is 16.0 Å². The Morgan fingerprint density at radius 3 is 3.21 bits per heavy atom. The lowest BCUT2D eigenvalue weighted by atomic mass is 10.0. The van der Waals surface area contributed by atoms with Crippen molar-refractivity contribution >= 4 is 11.5 Å². The molecule has 5 heteroatoms. The third-order valence-electron chi connectivity index (χ3n) is 3.36. The maximum Gasteiger partial charge on any atom is 0.167 e. The number of Topliss-reactive ketones (excluding diaryl/α,β-unsaturated/α-hetero) is 1. The molecule has 1 aliphatic rings. The van der Waals surface area contributed by atoms with Gasteiger partial charge in [0.1, 0.15) is 6.10 Å². The largest absolute Gasteiger partial charge is 0.398 e. The molecule has 0 spiro atoms. The molecular formula is C14H21N3O2. The summed E-state index contributed by atoms with van der Waals surface area (Å²) >= 11 is 0. The Morgan fingerprint density at radius 2 is 2.47 bits per heavy atom. The Hall–Kier alpha value is -1.46. The van der Waals surface area contributed by atoms with Crippen molar-refractivity contribution in [3.05, 3.63) is 24.0 Å². The van der Waals surface area contributed by atoms with Gasteiger partial charge in [-0.25, -0.2) is 0 Å². The van der Waals surface area contributed by atoms with Crippen LogP contribution in [0.15, 0.2) is 18.5 Å². The fourth-order valence-corrected chi connectivity index (χ4v) is 2.30. The average molecular weight is 263 g/mol. The lowest BCUT2D eigenvalue weighted by Crippen LogP contribution is -2.46. The van der Waals surface area contributed by atoms with Crippen LogP contribution < -0.4 is 5.73 Å². The van der Waals surface area contributed by atoms with Crippen LogP contribution in [0.2, 0.25) is 0 Å². The fourth-order valence-electron chi connectivity index (χ4n) is 2.30. The lowest BCUT2D eigenvalue weighted by molar-refractivity contribution is -0.135. The van der Waals surface area contributed by atoms with Crippen molar-refractivity contribution in [1.82, 2.24) is 9.88 Å². The molecule has 1 atom stereocenters. The van der Waals surface area contributed by atoms with Crippen LogP contribution in [-0.4, -0.2) is 48.0 Å². The van der Waals surface area contributed by atoms with E-state index < -0.39 is 0 Å². The minimum Gasteiger partial charge on any atom is -0.398 e. The van der Waals surface area contributed by atoms with Gasteiger partial charge in [-0.15, -0.1) is 0 Å². The molecule has 2 N–H and O–H groups in total. The fraction of sp³-hybridized carbons (Fsp3) is 0.571. The van der Waals surface area contributed by atoms with Gasteiger partial charge >= 0.3 is 0 Å². The van der Waals surface area contributed by atoms with E-state index in [1.54, 1.807) is 18.5 Å². The number of nitrogens with zero attached hydrogens (tertiary/aromatic N) is 2. The Kier molecular flexibility index (Phi) is 4.87. The Labute approximate surface area is 113 Å². The first kappa shape index (κ1) is 14.0. The third kappa shape index (κ3) is 3.75. The number of nitrogens with two attached hydrogens (primary N) is 1. The minimum absolute atomic E-state index is 0.0838. The Bertz CT molecular complexity index is 434. The van der Waals surface area contributed by atoms with Crippen molar-refractivity contribution in [3.8, 4) is 0 Å². The van der Waals surface area contributed by atoms with Gasteiger partial charge < -0.3 is 10.5 Å². The zero-order chi connectivity index (χ0) is 13.7. The van der Waals surface area contributed by atoms with E-state index in [4.69, 9.17) is 10.5 Å². The highest BCUT2D eigenvalue weighted by molar-refractivity contribution is 5.86. The highest BCUT2D eigenvalue weighted by atomic mass is 16.5. The van der Waals surface area contributed by atoms with E-state index in [9.17, 15) is 4.79 Å². The molecule has 1 fully saturated rings. The maximum absolute atomic E-state index is 12.2. The van der Waals surface area contributed by atoms with Gasteiger partial charge in [0.25, 0.3) is 0 Å². The van der Waals surface area contributed by atoms with Gasteiger partial charge in [0, 0.05) is 43.2 Å². The number of hydrogen-bond donors (Lipinski definition) is 1. The van der Waals surface area contributed by atoms with E-state index in [2.05, 4.69) is 16.8 Å². The number of anilines is 1. The van der Waals surface area contributed by atoms with Gasteiger partial charge in [0.2, 0.25) is 0 Å². The van der Waals surface area contributed by atoms with E-state index in [-0.39, 0.29) is 11.9 Å². The van der Waals surface area contributed by atoms with E-state index in [0.29, 0.717) is 25.3 Å². The van der Waals surface area contributed by atoms with Gasteiger partial charge in [0.05, 0.1) is 6.61 Å². The van der Waals surface area contributed by atoms with Crippen LogP contribution in [0.4, 0.5) is 5.69 Å². The van der Waals surface area contributed by atoms with Crippen LogP contribution in [0.25, 0.3) is 0 Å². The van der Waals surface area contributed by atoms with Crippen LogP contribution in [0.1, 0.15) is 18.9 Å². The SMILES string of the molecule is CCCN1CCOC(C(=O)Cc2cnccc2N)C1. The van der Waals surface area contributed by atoms with Gasteiger partial charge in [-0.05, 0) is 19.0 Å². The van der Waals surface area contributed by atoms with E-state index in [1.807, 2.05) is 0 Å². The standard InChI is InChI=1S/C14H21N3O2/c1-2-5-17-6-7-19-14(10-17)13(18)8-11-9-16-4-3-12(11)15/h3-4,9,14H,2,5-8,10H2,1H3,(H2,15,16). The summed E-state index contributed by atoms with van der Waals surface area (Å²) in [7, 11) is 0. The number of ether oxygens (including phenoxy) is 1. The number of ketones is 1. The number of pyridine rings is 1. The Morgan fingerprint density at radius 1 is 1.63 bits per heavy atom. The molecule has 104 valence electrons. The molecule has 2 rings (SSSR count). The highest BCUT2D eigenvalue weighted by Gasteiger charge is 2.26. The number of morpholine rings is 1. The number of rotatable bonds is 5. The van der Waals surface area contributed by atoms with E-state index in [1.165, 1.54) is 0 Å². The maximum atomic E-state index is 12.2. The molecule has 1 saturated heterocycles. The average Bonchev–Trinajstić information content (AvgIpc) is 2.42. The molecule has 5 nitrogen and oxygen atoms in total. The van der Waals surface area contributed by atoms with Crippen molar-refractivity contribution < 1.29 is 9.53 Å². The zero-order valence-corrected chi connectivity index (χ0v) is 11.3. The molecule has 0 radical (unpaired) electrons.